The fourth-order valence-electron chi connectivity index (χ4n) is 2.77. The van der Waals surface area contributed by atoms with Crippen molar-refractivity contribution in [2.45, 2.75) is 103 Å². The molecule has 0 aromatic rings. The fourth-order valence-corrected chi connectivity index (χ4v) is 2.77. The monoisotopic (exact) mass is 298 g/mol. The Morgan fingerprint density at radius 3 is 1.71 bits per heavy atom. The summed E-state index contributed by atoms with van der Waals surface area (Å²) < 4.78 is 5.25. The van der Waals surface area contributed by atoms with Crippen molar-refractivity contribution in [1.29, 1.82) is 0 Å². The summed E-state index contributed by atoms with van der Waals surface area (Å²) in [4.78, 5) is 11.7. The Morgan fingerprint density at radius 1 is 0.857 bits per heavy atom. The molecule has 0 heterocycles. The van der Waals surface area contributed by atoms with Gasteiger partial charge in [-0.3, -0.25) is 5.43 Å². The zero-order valence-corrected chi connectivity index (χ0v) is 14.2. The third-order valence-electron chi connectivity index (χ3n) is 3.88. The van der Waals surface area contributed by atoms with Gasteiger partial charge in [-0.05, 0) is 33.6 Å². The van der Waals surface area contributed by atoms with Gasteiger partial charge in [-0.15, -0.1) is 0 Å². The van der Waals surface area contributed by atoms with E-state index >= 15 is 0 Å². The fraction of sp³-hybridized carbons (Fsp3) is 0.941. The lowest BCUT2D eigenvalue weighted by Crippen LogP contribution is -2.46. The second-order valence-electron chi connectivity index (χ2n) is 7.23. The Labute approximate surface area is 130 Å². The number of hydrogen-bond donors (Lipinski definition) is 2. The number of rotatable bonds is 2. The normalized spacial score (nSPS) is 20.1. The maximum absolute atomic E-state index is 11.7. The highest BCUT2D eigenvalue weighted by Gasteiger charge is 2.17. The second-order valence-corrected chi connectivity index (χ2v) is 7.23. The summed E-state index contributed by atoms with van der Waals surface area (Å²) >= 11 is 0. The first-order chi connectivity index (χ1) is 9.97. The van der Waals surface area contributed by atoms with Crippen LogP contribution in [0.3, 0.4) is 0 Å². The lowest BCUT2D eigenvalue weighted by Gasteiger charge is -2.23. The summed E-state index contributed by atoms with van der Waals surface area (Å²) in [5.41, 5.74) is 5.44. The topological polar surface area (TPSA) is 50.4 Å². The van der Waals surface area contributed by atoms with Gasteiger partial charge in [0.15, 0.2) is 0 Å². The first kappa shape index (κ1) is 18.3. The predicted molar refractivity (Wildman–Crippen MR) is 87.1 cm³/mol. The van der Waals surface area contributed by atoms with Crippen molar-refractivity contribution in [2.24, 2.45) is 0 Å². The molecule has 1 aliphatic carbocycles. The van der Waals surface area contributed by atoms with Crippen molar-refractivity contribution in [3.05, 3.63) is 0 Å². The summed E-state index contributed by atoms with van der Waals surface area (Å²) in [6, 6.07) is 0.372. The van der Waals surface area contributed by atoms with Crippen LogP contribution in [0.15, 0.2) is 0 Å². The number of ether oxygens (including phenoxy) is 1. The van der Waals surface area contributed by atoms with Crippen LogP contribution in [-0.2, 0) is 4.74 Å². The highest BCUT2D eigenvalue weighted by molar-refractivity contribution is 5.67. The third kappa shape index (κ3) is 10.6. The molecule has 1 fully saturated rings. The summed E-state index contributed by atoms with van der Waals surface area (Å²) in [5, 5.41) is 0. The van der Waals surface area contributed by atoms with Crippen LogP contribution in [0.2, 0.25) is 0 Å². The molecule has 0 spiro atoms. The number of hydrogen-bond acceptors (Lipinski definition) is 3. The van der Waals surface area contributed by atoms with Gasteiger partial charge in [-0.25, -0.2) is 10.2 Å². The molecule has 1 amide bonds. The Hall–Kier alpha value is -0.770. The largest absolute Gasteiger partial charge is 0.443 e. The summed E-state index contributed by atoms with van der Waals surface area (Å²) in [5.74, 6) is 0. The Kier molecular flexibility index (Phi) is 8.74. The van der Waals surface area contributed by atoms with Crippen LogP contribution in [0.25, 0.3) is 0 Å². The Morgan fingerprint density at radius 2 is 1.29 bits per heavy atom. The molecule has 21 heavy (non-hydrogen) atoms. The van der Waals surface area contributed by atoms with Gasteiger partial charge in [0.2, 0.25) is 0 Å². The average Bonchev–Trinajstić information content (AvgIpc) is 2.36. The van der Waals surface area contributed by atoms with Crippen LogP contribution in [-0.4, -0.2) is 17.7 Å². The lowest BCUT2D eigenvalue weighted by molar-refractivity contribution is 0.0484. The molecule has 124 valence electrons. The number of nitrogens with one attached hydrogen (secondary N) is 2. The Bertz CT molecular complexity index is 275. The highest BCUT2D eigenvalue weighted by Crippen LogP contribution is 2.16. The smallest absolute Gasteiger partial charge is 0.422 e. The van der Waals surface area contributed by atoms with E-state index in [1.165, 1.54) is 57.8 Å². The van der Waals surface area contributed by atoms with E-state index in [0.717, 1.165) is 12.8 Å². The van der Waals surface area contributed by atoms with E-state index in [4.69, 9.17) is 4.74 Å². The van der Waals surface area contributed by atoms with E-state index in [1.807, 2.05) is 20.8 Å². The molecular formula is C17H34N2O2. The van der Waals surface area contributed by atoms with Crippen LogP contribution in [0.1, 0.15) is 91.4 Å². The summed E-state index contributed by atoms with van der Waals surface area (Å²) in [6.07, 6.45) is 13.9. The van der Waals surface area contributed by atoms with E-state index in [9.17, 15) is 4.79 Å². The van der Waals surface area contributed by atoms with E-state index in [1.54, 1.807) is 0 Å². The zero-order valence-electron chi connectivity index (χ0n) is 14.2. The van der Waals surface area contributed by atoms with Gasteiger partial charge in [0.05, 0.1) is 0 Å². The highest BCUT2D eigenvalue weighted by atomic mass is 16.6. The van der Waals surface area contributed by atoms with Gasteiger partial charge >= 0.3 is 6.09 Å². The molecule has 0 saturated heterocycles. The predicted octanol–water partition coefficient (Wildman–Crippen LogP) is 4.69. The molecule has 1 saturated carbocycles. The molecule has 0 aromatic heterocycles. The molecule has 0 aliphatic heterocycles. The molecular weight excluding hydrogens is 264 g/mol. The SMILES string of the molecule is CC(C)(C)OC(=O)NNC1CCCCCCCCCCC1. The minimum absolute atomic E-state index is 0.372. The molecule has 0 radical (unpaired) electrons. The van der Waals surface area contributed by atoms with Crippen LogP contribution < -0.4 is 10.9 Å². The van der Waals surface area contributed by atoms with Gasteiger partial charge in [0, 0.05) is 6.04 Å². The third-order valence-corrected chi connectivity index (χ3v) is 3.88. The first-order valence-corrected chi connectivity index (χ1v) is 8.72. The van der Waals surface area contributed by atoms with E-state index in [0.29, 0.717) is 6.04 Å². The van der Waals surface area contributed by atoms with E-state index < -0.39 is 5.60 Å². The van der Waals surface area contributed by atoms with Gasteiger partial charge in [-0.1, -0.05) is 57.8 Å². The van der Waals surface area contributed by atoms with Crippen LogP contribution in [0.5, 0.6) is 0 Å². The van der Waals surface area contributed by atoms with Crippen molar-refractivity contribution < 1.29 is 9.53 Å². The standard InChI is InChI=1S/C17H34N2O2/c1-17(2,3)21-16(20)19-18-15-13-11-9-7-5-4-6-8-10-12-14-15/h15,18H,4-14H2,1-3H3,(H,19,20). The minimum Gasteiger partial charge on any atom is -0.443 e. The maximum Gasteiger partial charge on any atom is 0.422 e. The molecule has 0 unspecified atom stereocenters. The Balaban J connectivity index is 2.29. The zero-order chi connectivity index (χ0) is 15.6. The van der Waals surface area contributed by atoms with Crippen molar-refractivity contribution in [1.82, 2.24) is 10.9 Å². The number of hydrazine groups is 1. The molecule has 1 aliphatic rings. The maximum atomic E-state index is 11.7. The van der Waals surface area contributed by atoms with Crippen molar-refractivity contribution >= 4 is 6.09 Å². The van der Waals surface area contributed by atoms with Crippen LogP contribution in [0.4, 0.5) is 4.79 Å². The second kappa shape index (κ2) is 10.0. The van der Waals surface area contributed by atoms with Crippen molar-refractivity contribution in [3.8, 4) is 0 Å². The quantitative estimate of drug-likeness (QED) is 0.727. The molecule has 0 atom stereocenters. The summed E-state index contributed by atoms with van der Waals surface area (Å²) in [6.45, 7) is 5.63. The number of carbonyl (C=O) groups excluding carboxylic acids is 1. The minimum atomic E-state index is -0.446. The van der Waals surface area contributed by atoms with E-state index in [-0.39, 0.29) is 6.09 Å². The van der Waals surface area contributed by atoms with Gasteiger partial charge in [0.1, 0.15) is 5.60 Å². The van der Waals surface area contributed by atoms with Crippen molar-refractivity contribution in [2.75, 3.05) is 0 Å². The van der Waals surface area contributed by atoms with Crippen LogP contribution >= 0.6 is 0 Å². The number of carbonyl (C=O) groups is 1. The molecule has 4 nitrogen and oxygen atoms in total. The molecule has 1 rings (SSSR count). The van der Waals surface area contributed by atoms with Gasteiger partial charge in [-0.2, -0.15) is 0 Å². The first-order valence-electron chi connectivity index (χ1n) is 8.72. The van der Waals surface area contributed by atoms with E-state index in [2.05, 4.69) is 10.9 Å². The molecule has 4 heteroatoms. The van der Waals surface area contributed by atoms with Gasteiger partial charge in [0.25, 0.3) is 0 Å². The average molecular weight is 298 g/mol. The lowest BCUT2D eigenvalue weighted by atomic mass is 9.98. The van der Waals surface area contributed by atoms with Crippen LogP contribution in [0, 0.1) is 0 Å². The molecule has 0 bridgehead atoms. The molecule has 0 aromatic carbocycles. The van der Waals surface area contributed by atoms with Gasteiger partial charge < -0.3 is 4.74 Å². The molecule has 2 N–H and O–H groups in total. The number of amides is 1. The summed E-state index contributed by atoms with van der Waals surface area (Å²) in [7, 11) is 0. The van der Waals surface area contributed by atoms with Crippen molar-refractivity contribution in [3.63, 3.8) is 0 Å².